The molecule has 0 N–H and O–H groups in total. The zero-order chi connectivity index (χ0) is 23.6. The number of hydrogen-bond donors (Lipinski definition) is 0. The maximum absolute atomic E-state index is 13.1. The molecule has 0 radical (unpaired) electrons. The fourth-order valence-corrected chi connectivity index (χ4v) is 1.31. The summed E-state index contributed by atoms with van der Waals surface area (Å²) in [6, 6.07) is -17.2. The van der Waals surface area contributed by atoms with Gasteiger partial charge in [0.1, 0.15) is 0 Å². The Hall–Kier alpha value is -1.37. The Kier molecular flexibility index (Phi) is 6.00. The SMILES string of the molecule is FC(F)(F)N(C(F)(F)C(F)(F)C(F)(F)F)C(F)(F)C(F)(F)C(F)(F)C(F)(F)F. The first-order chi connectivity index (χ1) is 11.6. The van der Waals surface area contributed by atoms with E-state index in [0.29, 0.717) is 0 Å². The summed E-state index contributed by atoms with van der Waals surface area (Å²) < 4.78 is 235. The van der Waals surface area contributed by atoms with E-state index in [9.17, 15) is 83.4 Å². The molecular weight excluding hydrogens is 471 g/mol. The number of hydrogen-bond acceptors (Lipinski definition) is 1. The normalized spacial score (nSPS) is 16.7. The van der Waals surface area contributed by atoms with Crippen molar-refractivity contribution in [1.29, 1.82) is 0 Å². The predicted octanol–water partition coefficient (Wildman–Crippen LogP) is 6.02. The van der Waals surface area contributed by atoms with Gasteiger partial charge in [0.05, 0.1) is 0 Å². The Bertz CT molecular complexity index is 560. The van der Waals surface area contributed by atoms with Gasteiger partial charge in [-0.25, -0.2) is 0 Å². The van der Waals surface area contributed by atoms with Crippen molar-refractivity contribution in [1.82, 2.24) is 4.90 Å². The molecule has 0 saturated carbocycles. The molecule has 0 heterocycles. The lowest BCUT2D eigenvalue weighted by molar-refractivity contribution is -0.512. The van der Waals surface area contributed by atoms with Gasteiger partial charge in [-0.05, 0) is 0 Å². The van der Waals surface area contributed by atoms with Gasteiger partial charge < -0.3 is 0 Å². The van der Waals surface area contributed by atoms with E-state index >= 15 is 0 Å². The summed E-state index contributed by atoms with van der Waals surface area (Å²) in [5.74, 6) is -25.2. The smallest absolute Gasteiger partial charge is 0.191 e. The summed E-state index contributed by atoms with van der Waals surface area (Å²) in [5, 5.41) is 0. The number of halogens is 19. The molecule has 170 valence electrons. The zero-order valence-corrected chi connectivity index (χ0v) is 11.6. The van der Waals surface area contributed by atoms with E-state index in [0.717, 1.165) is 0 Å². The van der Waals surface area contributed by atoms with Crippen LogP contribution in [0.15, 0.2) is 0 Å². The average molecular weight is 471 g/mol. The van der Waals surface area contributed by atoms with E-state index in [2.05, 4.69) is 0 Å². The van der Waals surface area contributed by atoms with Gasteiger partial charge in [0.15, 0.2) is 0 Å². The summed E-state index contributed by atoms with van der Waals surface area (Å²) in [7, 11) is 0. The molecule has 0 fully saturated rings. The molecule has 28 heavy (non-hydrogen) atoms. The van der Waals surface area contributed by atoms with Crippen LogP contribution in [-0.4, -0.2) is 53.4 Å². The van der Waals surface area contributed by atoms with E-state index in [1.165, 1.54) is 0 Å². The Morgan fingerprint density at radius 3 is 0.786 bits per heavy atom. The monoisotopic (exact) mass is 471 g/mol. The summed E-state index contributed by atoms with van der Waals surface area (Å²) in [5.41, 5.74) is 0. The van der Waals surface area contributed by atoms with Crippen molar-refractivity contribution in [2.45, 2.75) is 48.5 Å². The van der Waals surface area contributed by atoms with Crippen molar-refractivity contribution in [3.63, 3.8) is 0 Å². The van der Waals surface area contributed by atoms with Crippen LogP contribution < -0.4 is 0 Å². The van der Waals surface area contributed by atoms with E-state index in [-0.39, 0.29) is 0 Å². The highest BCUT2D eigenvalue weighted by molar-refractivity contribution is 5.04. The van der Waals surface area contributed by atoms with Gasteiger partial charge in [0.2, 0.25) is 0 Å². The zero-order valence-electron chi connectivity index (χ0n) is 11.6. The number of alkyl halides is 19. The van der Waals surface area contributed by atoms with Crippen molar-refractivity contribution in [3.05, 3.63) is 0 Å². The summed E-state index contributed by atoms with van der Waals surface area (Å²) in [6.07, 6.45) is -23.9. The highest BCUT2D eigenvalue weighted by Crippen LogP contribution is 2.60. The second kappa shape index (κ2) is 6.31. The van der Waals surface area contributed by atoms with Crippen molar-refractivity contribution in [3.8, 4) is 0 Å². The molecule has 0 aliphatic carbocycles. The standard InChI is InChI=1S/C8F19N/c9-1(10,4(15,16)17)2(11,12)6(21,22)28(8(25,26)27)7(23,24)3(13,14)5(18,19)20. The molecule has 0 aromatic carbocycles. The molecule has 0 spiro atoms. The summed E-state index contributed by atoms with van der Waals surface area (Å²) in [4.78, 5) is -5.01. The Morgan fingerprint density at radius 2 is 0.571 bits per heavy atom. The second-order valence-corrected chi connectivity index (χ2v) is 4.60. The highest BCUT2D eigenvalue weighted by atomic mass is 19.4. The van der Waals surface area contributed by atoms with Crippen LogP contribution in [0.5, 0.6) is 0 Å². The van der Waals surface area contributed by atoms with Gasteiger partial charge in [-0.1, -0.05) is 4.90 Å². The molecule has 20 heteroatoms. The molecule has 0 bridgehead atoms. The fraction of sp³-hybridized carbons (Fsp3) is 1.00. The van der Waals surface area contributed by atoms with Gasteiger partial charge >= 0.3 is 48.5 Å². The third kappa shape index (κ3) is 3.62. The molecule has 0 aliphatic rings. The molecule has 0 atom stereocenters. The maximum atomic E-state index is 13.1. The lowest BCUT2D eigenvalue weighted by atomic mass is 10.1. The van der Waals surface area contributed by atoms with Crippen LogP contribution in [0.3, 0.4) is 0 Å². The first-order valence-corrected chi connectivity index (χ1v) is 5.51. The van der Waals surface area contributed by atoms with E-state index in [4.69, 9.17) is 0 Å². The number of nitrogens with zero attached hydrogens (tertiary/aromatic N) is 1. The lowest BCUT2D eigenvalue weighted by Crippen LogP contribution is -2.75. The Morgan fingerprint density at radius 1 is 0.321 bits per heavy atom. The fourth-order valence-electron chi connectivity index (χ4n) is 1.31. The molecule has 0 aromatic heterocycles. The molecule has 0 saturated heterocycles. The molecule has 0 aromatic rings. The van der Waals surface area contributed by atoms with Gasteiger partial charge in [-0.2, -0.15) is 83.4 Å². The van der Waals surface area contributed by atoms with Crippen LogP contribution in [0.25, 0.3) is 0 Å². The number of rotatable bonds is 5. The van der Waals surface area contributed by atoms with Gasteiger partial charge in [0, 0.05) is 0 Å². The first-order valence-electron chi connectivity index (χ1n) is 5.51. The minimum atomic E-state index is -8.68. The summed E-state index contributed by atoms with van der Waals surface area (Å²) in [6.45, 7) is 0. The Labute approximate surface area is 138 Å². The van der Waals surface area contributed by atoms with Crippen molar-refractivity contribution >= 4 is 0 Å². The largest absolute Gasteiger partial charge is 0.469 e. The van der Waals surface area contributed by atoms with E-state index in [1.807, 2.05) is 0 Å². The van der Waals surface area contributed by atoms with Crippen LogP contribution in [-0.2, 0) is 0 Å². The third-order valence-corrected chi connectivity index (χ3v) is 2.68. The van der Waals surface area contributed by atoms with Crippen molar-refractivity contribution in [2.24, 2.45) is 0 Å². The molecule has 1 nitrogen and oxygen atoms in total. The first kappa shape index (κ1) is 26.6. The van der Waals surface area contributed by atoms with Crippen LogP contribution >= 0.6 is 0 Å². The van der Waals surface area contributed by atoms with Crippen LogP contribution in [0.2, 0.25) is 0 Å². The predicted molar refractivity (Wildman–Crippen MR) is 44.7 cm³/mol. The molecule has 0 rings (SSSR count). The van der Waals surface area contributed by atoms with Gasteiger partial charge in [0.25, 0.3) is 0 Å². The summed E-state index contributed by atoms with van der Waals surface area (Å²) >= 11 is 0. The van der Waals surface area contributed by atoms with Crippen molar-refractivity contribution < 1.29 is 83.4 Å². The Balaban J connectivity index is 6.95. The van der Waals surface area contributed by atoms with Crippen LogP contribution in [0.1, 0.15) is 0 Å². The maximum Gasteiger partial charge on any atom is 0.469 e. The molecular formula is C8F19N. The van der Waals surface area contributed by atoms with Gasteiger partial charge in [-0.15, -0.1) is 0 Å². The topological polar surface area (TPSA) is 3.24 Å². The van der Waals surface area contributed by atoms with Crippen LogP contribution in [0.4, 0.5) is 83.4 Å². The average Bonchev–Trinajstić information content (AvgIpc) is 2.32. The third-order valence-electron chi connectivity index (χ3n) is 2.68. The molecule has 0 unspecified atom stereocenters. The van der Waals surface area contributed by atoms with E-state index in [1.54, 1.807) is 0 Å². The second-order valence-electron chi connectivity index (χ2n) is 4.60. The van der Waals surface area contributed by atoms with E-state index < -0.39 is 53.4 Å². The van der Waals surface area contributed by atoms with Gasteiger partial charge in [-0.3, -0.25) is 0 Å². The molecule has 0 amide bonds. The minimum Gasteiger partial charge on any atom is -0.191 e. The highest BCUT2D eigenvalue weighted by Gasteiger charge is 2.90. The quantitative estimate of drug-likeness (QED) is 0.350. The van der Waals surface area contributed by atoms with Crippen molar-refractivity contribution in [2.75, 3.05) is 0 Å². The minimum absolute atomic E-state index is 5.01. The molecule has 0 aliphatic heterocycles. The lowest BCUT2D eigenvalue weighted by Gasteiger charge is -2.44. The van der Waals surface area contributed by atoms with Crippen LogP contribution in [0, 0.1) is 0 Å².